The molecule has 0 amide bonds. The molecule has 1 fully saturated rings. The van der Waals surface area contributed by atoms with Crippen molar-refractivity contribution in [1.29, 1.82) is 0 Å². The van der Waals surface area contributed by atoms with Crippen molar-refractivity contribution in [3.05, 3.63) is 35.4 Å². The van der Waals surface area contributed by atoms with E-state index in [-0.39, 0.29) is 22.7 Å². The number of carboxylic acids is 1. The Morgan fingerprint density at radius 2 is 1.89 bits per heavy atom. The fourth-order valence-corrected chi connectivity index (χ4v) is 2.92. The molecule has 2 nitrogen and oxygen atoms in total. The molecule has 0 aliphatic heterocycles. The maximum atomic E-state index is 11.2. The fraction of sp³-hybridized carbons (Fsp3) is 0.562. The molecule has 2 unspecified atom stereocenters. The van der Waals surface area contributed by atoms with Crippen LogP contribution in [-0.4, -0.2) is 11.1 Å². The van der Waals surface area contributed by atoms with Crippen molar-refractivity contribution in [2.24, 2.45) is 11.3 Å². The predicted molar refractivity (Wildman–Crippen MR) is 72.8 cm³/mol. The van der Waals surface area contributed by atoms with Gasteiger partial charge in [-0.2, -0.15) is 0 Å². The number of aliphatic carboxylic acids is 1. The largest absolute Gasteiger partial charge is 0.481 e. The lowest BCUT2D eigenvalue weighted by Crippen LogP contribution is -2.11. The summed E-state index contributed by atoms with van der Waals surface area (Å²) in [6.07, 6.45) is 0. The van der Waals surface area contributed by atoms with Gasteiger partial charge in [-0.1, -0.05) is 58.9 Å². The predicted octanol–water partition coefficient (Wildman–Crippen LogP) is 3.81. The van der Waals surface area contributed by atoms with Crippen LogP contribution in [0.5, 0.6) is 0 Å². The summed E-state index contributed by atoms with van der Waals surface area (Å²) in [6, 6.07) is 8.40. The third-order valence-electron chi connectivity index (χ3n) is 4.21. The van der Waals surface area contributed by atoms with Crippen LogP contribution in [0, 0.1) is 11.3 Å². The molecular formula is C16H22O2. The SMILES string of the molecule is CC(C)(C)c1cccc(C2C(C(=O)O)C2(C)C)c1. The third-order valence-corrected chi connectivity index (χ3v) is 4.21. The highest BCUT2D eigenvalue weighted by atomic mass is 16.4. The zero-order valence-electron chi connectivity index (χ0n) is 11.8. The van der Waals surface area contributed by atoms with Crippen molar-refractivity contribution < 1.29 is 9.90 Å². The van der Waals surface area contributed by atoms with Gasteiger partial charge in [0.1, 0.15) is 0 Å². The highest BCUT2D eigenvalue weighted by Crippen LogP contribution is 2.64. The minimum absolute atomic E-state index is 0.105. The van der Waals surface area contributed by atoms with Gasteiger partial charge < -0.3 is 5.11 Å². The second-order valence-corrected chi connectivity index (χ2v) is 6.99. The summed E-state index contributed by atoms with van der Waals surface area (Å²) in [5, 5.41) is 9.25. The van der Waals surface area contributed by atoms with E-state index in [0.29, 0.717) is 0 Å². The Labute approximate surface area is 109 Å². The third kappa shape index (κ3) is 2.05. The molecule has 1 saturated carbocycles. The van der Waals surface area contributed by atoms with Gasteiger partial charge in [0.15, 0.2) is 0 Å². The molecule has 1 aromatic rings. The molecule has 1 aromatic carbocycles. The standard InChI is InChI=1S/C16H22O2/c1-15(2,3)11-8-6-7-10(9-11)12-13(14(17)18)16(12,4)5/h6-9,12-13H,1-5H3,(H,17,18). The van der Waals surface area contributed by atoms with Crippen LogP contribution >= 0.6 is 0 Å². The van der Waals surface area contributed by atoms with Crippen LogP contribution in [0.3, 0.4) is 0 Å². The molecule has 0 radical (unpaired) electrons. The van der Waals surface area contributed by atoms with Crippen LogP contribution in [0.1, 0.15) is 51.7 Å². The van der Waals surface area contributed by atoms with E-state index in [1.807, 2.05) is 19.9 Å². The first kappa shape index (κ1) is 13.1. The number of benzene rings is 1. The zero-order valence-corrected chi connectivity index (χ0v) is 11.8. The molecular weight excluding hydrogens is 224 g/mol. The molecule has 1 aliphatic rings. The van der Waals surface area contributed by atoms with E-state index in [9.17, 15) is 9.90 Å². The average molecular weight is 246 g/mol. The summed E-state index contributed by atoms with van der Waals surface area (Å²) in [5.41, 5.74) is 2.42. The first-order valence-corrected chi connectivity index (χ1v) is 6.49. The van der Waals surface area contributed by atoms with Crippen LogP contribution < -0.4 is 0 Å². The van der Waals surface area contributed by atoms with E-state index in [1.54, 1.807) is 0 Å². The summed E-state index contributed by atoms with van der Waals surface area (Å²) in [4.78, 5) is 11.2. The van der Waals surface area contributed by atoms with Crippen LogP contribution in [0.15, 0.2) is 24.3 Å². The molecule has 0 heterocycles. The van der Waals surface area contributed by atoms with Crippen molar-refractivity contribution in [1.82, 2.24) is 0 Å². The lowest BCUT2D eigenvalue weighted by Gasteiger charge is -2.20. The maximum Gasteiger partial charge on any atom is 0.307 e. The van der Waals surface area contributed by atoms with Crippen LogP contribution in [-0.2, 0) is 10.2 Å². The highest BCUT2D eigenvalue weighted by molar-refractivity contribution is 5.77. The molecule has 1 N–H and O–H groups in total. The van der Waals surface area contributed by atoms with Gasteiger partial charge in [-0.05, 0) is 22.0 Å². The van der Waals surface area contributed by atoms with E-state index in [2.05, 4.69) is 39.0 Å². The molecule has 2 atom stereocenters. The Kier molecular flexibility index (Phi) is 2.80. The summed E-state index contributed by atoms with van der Waals surface area (Å²) >= 11 is 0. The molecule has 2 rings (SSSR count). The Bertz CT molecular complexity index is 480. The van der Waals surface area contributed by atoms with E-state index >= 15 is 0 Å². The second-order valence-electron chi connectivity index (χ2n) is 6.99. The number of rotatable bonds is 2. The van der Waals surface area contributed by atoms with E-state index in [1.165, 1.54) is 11.1 Å². The van der Waals surface area contributed by atoms with Crippen molar-refractivity contribution in [3.8, 4) is 0 Å². The average Bonchev–Trinajstić information content (AvgIpc) is 2.81. The minimum Gasteiger partial charge on any atom is -0.481 e. The van der Waals surface area contributed by atoms with Gasteiger partial charge >= 0.3 is 5.97 Å². The minimum atomic E-state index is -0.675. The topological polar surface area (TPSA) is 37.3 Å². The van der Waals surface area contributed by atoms with Crippen molar-refractivity contribution in [2.45, 2.75) is 46.0 Å². The number of carbonyl (C=O) groups is 1. The van der Waals surface area contributed by atoms with Crippen LogP contribution in [0.2, 0.25) is 0 Å². The van der Waals surface area contributed by atoms with Gasteiger partial charge in [-0.25, -0.2) is 0 Å². The normalized spacial score (nSPS) is 25.8. The molecule has 98 valence electrons. The maximum absolute atomic E-state index is 11.2. The van der Waals surface area contributed by atoms with E-state index < -0.39 is 5.97 Å². The summed E-state index contributed by atoms with van der Waals surface area (Å²) in [7, 11) is 0. The fourth-order valence-electron chi connectivity index (χ4n) is 2.92. The summed E-state index contributed by atoms with van der Waals surface area (Å²) in [6.45, 7) is 10.6. The molecule has 1 aliphatic carbocycles. The second kappa shape index (κ2) is 3.84. The van der Waals surface area contributed by atoms with Crippen molar-refractivity contribution in [2.75, 3.05) is 0 Å². The molecule has 2 heteroatoms. The Morgan fingerprint density at radius 1 is 1.28 bits per heavy atom. The smallest absolute Gasteiger partial charge is 0.307 e. The Morgan fingerprint density at radius 3 is 2.33 bits per heavy atom. The highest BCUT2D eigenvalue weighted by Gasteiger charge is 2.62. The molecule has 0 bridgehead atoms. The molecule has 0 aromatic heterocycles. The van der Waals surface area contributed by atoms with Gasteiger partial charge in [0.05, 0.1) is 5.92 Å². The van der Waals surface area contributed by atoms with Gasteiger partial charge in [0.2, 0.25) is 0 Å². The van der Waals surface area contributed by atoms with Gasteiger partial charge in [-0.15, -0.1) is 0 Å². The summed E-state index contributed by atoms with van der Waals surface area (Å²) in [5.74, 6) is -0.767. The molecule has 0 saturated heterocycles. The first-order chi connectivity index (χ1) is 8.15. The van der Waals surface area contributed by atoms with Gasteiger partial charge in [-0.3, -0.25) is 4.79 Å². The van der Waals surface area contributed by atoms with Gasteiger partial charge in [0, 0.05) is 5.92 Å². The lowest BCUT2D eigenvalue weighted by atomic mass is 9.85. The number of hydrogen-bond acceptors (Lipinski definition) is 1. The zero-order chi connectivity index (χ0) is 13.7. The van der Waals surface area contributed by atoms with E-state index in [0.717, 1.165) is 0 Å². The molecule has 0 spiro atoms. The summed E-state index contributed by atoms with van der Waals surface area (Å²) < 4.78 is 0. The van der Waals surface area contributed by atoms with Gasteiger partial charge in [0.25, 0.3) is 0 Å². The first-order valence-electron chi connectivity index (χ1n) is 6.49. The molecule has 18 heavy (non-hydrogen) atoms. The quantitative estimate of drug-likeness (QED) is 0.861. The Balaban J connectivity index is 2.34. The van der Waals surface area contributed by atoms with Crippen LogP contribution in [0.4, 0.5) is 0 Å². The number of hydrogen-bond donors (Lipinski definition) is 1. The van der Waals surface area contributed by atoms with E-state index in [4.69, 9.17) is 0 Å². The Hall–Kier alpha value is -1.31. The monoisotopic (exact) mass is 246 g/mol. The van der Waals surface area contributed by atoms with Crippen LogP contribution in [0.25, 0.3) is 0 Å². The van der Waals surface area contributed by atoms with Crippen molar-refractivity contribution >= 4 is 5.97 Å². The lowest BCUT2D eigenvalue weighted by molar-refractivity contribution is -0.139. The number of carboxylic acid groups (broad SMARTS) is 1. The van der Waals surface area contributed by atoms with Crippen molar-refractivity contribution in [3.63, 3.8) is 0 Å².